The fourth-order valence-corrected chi connectivity index (χ4v) is 3.77. The number of H-pyrrole nitrogens is 1. The Morgan fingerprint density at radius 1 is 1.13 bits per heavy atom. The number of aryl methyl sites for hydroxylation is 1. The van der Waals surface area contributed by atoms with Gasteiger partial charge in [0.15, 0.2) is 0 Å². The summed E-state index contributed by atoms with van der Waals surface area (Å²) in [6, 6.07) is 4.92. The van der Waals surface area contributed by atoms with Crippen molar-refractivity contribution in [3.8, 4) is 0 Å². The fourth-order valence-electron chi connectivity index (χ4n) is 3.77. The summed E-state index contributed by atoms with van der Waals surface area (Å²) >= 11 is 0. The lowest BCUT2D eigenvalue weighted by atomic mass is 9.87. The van der Waals surface area contributed by atoms with Gasteiger partial charge in [-0.15, -0.1) is 0 Å². The highest BCUT2D eigenvalue weighted by atomic mass is 15.4. The zero-order chi connectivity index (χ0) is 15.4. The van der Waals surface area contributed by atoms with Crippen LogP contribution >= 0.6 is 0 Å². The van der Waals surface area contributed by atoms with E-state index in [1.54, 1.807) is 6.33 Å². The molecular weight excluding hydrogens is 290 g/mol. The zero-order valence-corrected chi connectivity index (χ0v) is 12.8. The molecule has 6 rings (SSSR count). The summed E-state index contributed by atoms with van der Waals surface area (Å²) in [7, 11) is 0. The zero-order valence-electron chi connectivity index (χ0n) is 12.8. The molecule has 0 aliphatic carbocycles. The van der Waals surface area contributed by atoms with Crippen LogP contribution in [-0.4, -0.2) is 50.1 Å². The number of rotatable bonds is 2. The molecule has 3 aliphatic heterocycles. The van der Waals surface area contributed by atoms with Crippen LogP contribution in [0.5, 0.6) is 0 Å². The van der Waals surface area contributed by atoms with E-state index >= 15 is 0 Å². The Morgan fingerprint density at radius 3 is 2.83 bits per heavy atom. The van der Waals surface area contributed by atoms with E-state index < -0.39 is 0 Å². The Bertz CT molecular complexity index is 862. The lowest BCUT2D eigenvalue weighted by molar-refractivity contribution is 0.287. The van der Waals surface area contributed by atoms with Crippen LogP contribution in [0.3, 0.4) is 0 Å². The van der Waals surface area contributed by atoms with Crippen LogP contribution in [0.25, 0.3) is 11.0 Å². The van der Waals surface area contributed by atoms with E-state index in [0.717, 1.165) is 41.6 Å². The topological polar surface area (TPSA) is 73.8 Å². The lowest BCUT2D eigenvalue weighted by Gasteiger charge is -2.56. The predicted molar refractivity (Wildman–Crippen MR) is 87.5 cm³/mol. The molecule has 0 spiro atoms. The molecule has 2 bridgehead atoms. The molecule has 0 radical (unpaired) electrons. The van der Waals surface area contributed by atoms with E-state index in [4.69, 9.17) is 0 Å². The van der Waals surface area contributed by atoms with Crippen LogP contribution in [0.4, 0.5) is 11.8 Å². The Morgan fingerprint density at radius 2 is 2.00 bits per heavy atom. The van der Waals surface area contributed by atoms with Gasteiger partial charge in [-0.05, 0) is 25.5 Å². The normalized spacial score (nSPS) is 23.2. The number of nitrogens with one attached hydrogen (secondary N) is 1. The second kappa shape index (κ2) is 4.65. The molecule has 0 aromatic carbocycles. The summed E-state index contributed by atoms with van der Waals surface area (Å²) in [5.41, 5.74) is 1.91. The second-order valence-corrected chi connectivity index (χ2v) is 6.29. The van der Waals surface area contributed by atoms with E-state index in [0.29, 0.717) is 12.1 Å². The van der Waals surface area contributed by atoms with Gasteiger partial charge in [-0.2, -0.15) is 0 Å². The lowest BCUT2D eigenvalue weighted by Crippen LogP contribution is -2.69. The minimum Gasteiger partial charge on any atom is -0.346 e. The van der Waals surface area contributed by atoms with Gasteiger partial charge in [0.25, 0.3) is 0 Å². The van der Waals surface area contributed by atoms with E-state index in [1.165, 1.54) is 6.42 Å². The summed E-state index contributed by atoms with van der Waals surface area (Å²) in [4.78, 5) is 25.7. The quantitative estimate of drug-likeness (QED) is 0.774. The van der Waals surface area contributed by atoms with Crippen molar-refractivity contribution in [1.82, 2.24) is 24.9 Å². The van der Waals surface area contributed by atoms with Crippen LogP contribution < -0.4 is 9.80 Å². The number of piperidine rings is 1. The van der Waals surface area contributed by atoms with Crippen molar-refractivity contribution in [2.75, 3.05) is 22.9 Å². The average molecular weight is 307 g/mol. The van der Waals surface area contributed by atoms with Gasteiger partial charge in [-0.1, -0.05) is 0 Å². The van der Waals surface area contributed by atoms with Crippen molar-refractivity contribution >= 4 is 22.8 Å². The van der Waals surface area contributed by atoms with Gasteiger partial charge in [0.1, 0.15) is 17.8 Å². The highest BCUT2D eigenvalue weighted by Gasteiger charge is 2.46. The SMILES string of the molecule is Cc1ccnc(N2CC3CC(C2)N3c2ncnc3[nH]ccc23)n1. The molecule has 3 aromatic rings. The summed E-state index contributed by atoms with van der Waals surface area (Å²) in [5, 5.41) is 1.10. The molecule has 116 valence electrons. The van der Waals surface area contributed by atoms with Gasteiger partial charge >= 0.3 is 0 Å². The number of fused-ring (bicyclic) bond motifs is 3. The Hall–Kier alpha value is -2.70. The summed E-state index contributed by atoms with van der Waals surface area (Å²) in [6.45, 7) is 3.89. The van der Waals surface area contributed by atoms with Gasteiger partial charge in [0.2, 0.25) is 5.95 Å². The molecule has 7 nitrogen and oxygen atoms in total. The molecular formula is C16H17N7. The van der Waals surface area contributed by atoms with Crippen molar-refractivity contribution in [3.05, 3.63) is 36.5 Å². The molecule has 3 fully saturated rings. The van der Waals surface area contributed by atoms with Crippen LogP contribution in [0.2, 0.25) is 0 Å². The van der Waals surface area contributed by atoms with Crippen LogP contribution in [0, 0.1) is 6.92 Å². The largest absolute Gasteiger partial charge is 0.346 e. The monoisotopic (exact) mass is 307 g/mol. The summed E-state index contributed by atoms with van der Waals surface area (Å²) in [5.74, 6) is 1.89. The molecule has 3 aliphatic rings. The molecule has 2 unspecified atom stereocenters. The van der Waals surface area contributed by atoms with E-state index in [1.807, 2.05) is 25.4 Å². The maximum atomic E-state index is 4.56. The van der Waals surface area contributed by atoms with Gasteiger partial charge < -0.3 is 14.8 Å². The van der Waals surface area contributed by atoms with Crippen LogP contribution in [0.15, 0.2) is 30.9 Å². The number of hydrogen-bond acceptors (Lipinski definition) is 6. The predicted octanol–water partition coefficient (Wildman–Crippen LogP) is 1.52. The first-order valence-corrected chi connectivity index (χ1v) is 7.90. The minimum atomic E-state index is 0.464. The first-order valence-electron chi connectivity index (χ1n) is 7.90. The fraction of sp³-hybridized carbons (Fsp3) is 0.375. The third kappa shape index (κ3) is 1.89. The van der Waals surface area contributed by atoms with E-state index in [-0.39, 0.29) is 0 Å². The molecule has 6 heterocycles. The third-order valence-corrected chi connectivity index (χ3v) is 4.84. The number of nitrogens with zero attached hydrogens (tertiary/aromatic N) is 6. The van der Waals surface area contributed by atoms with Gasteiger partial charge in [-0.3, -0.25) is 0 Å². The maximum Gasteiger partial charge on any atom is 0.225 e. The first-order chi connectivity index (χ1) is 11.3. The average Bonchev–Trinajstić information content (AvgIpc) is 3.04. The van der Waals surface area contributed by atoms with Crippen molar-refractivity contribution in [1.29, 1.82) is 0 Å². The molecule has 1 N–H and O–H groups in total. The number of aromatic nitrogens is 5. The number of aromatic amines is 1. The second-order valence-electron chi connectivity index (χ2n) is 6.29. The third-order valence-electron chi connectivity index (χ3n) is 4.84. The summed E-state index contributed by atoms with van der Waals surface area (Å²) < 4.78 is 0. The maximum absolute atomic E-state index is 4.56. The molecule has 3 saturated heterocycles. The number of hydrogen-bond donors (Lipinski definition) is 1. The minimum absolute atomic E-state index is 0.464. The van der Waals surface area contributed by atoms with E-state index in [9.17, 15) is 0 Å². The molecule has 3 aromatic heterocycles. The molecule has 0 amide bonds. The Kier molecular flexibility index (Phi) is 2.59. The summed E-state index contributed by atoms with van der Waals surface area (Å²) in [6.07, 6.45) is 6.61. The van der Waals surface area contributed by atoms with Crippen LogP contribution in [0.1, 0.15) is 12.1 Å². The van der Waals surface area contributed by atoms with Crippen molar-refractivity contribution in [2.24, 2.45) is 0 Å². The molecule has 7 heteroatoms. The van der Waals surface area contributed by atoms with E-state index in [2.05, 4.69) is 40.8 Å². The van der Waals surface area contributed by atoms with Crippen LogP contribution in [-0.2, 0) is 0 Å². The van der Waals surface area contributed by atoms with Crippen molar-refractivity contribution < 1.29 is 0 Å². The van der Waals surface area contributed by atoms with Gasteiger partial charge in [-0.25, -0.2) is 19.9 Å². The van der Waals surface area contributed by atoms with Gasteiger partial charge in [0, 0.05) is 31.2 Å². The number of piperazine rings is 1. The Balaban J connectivity index is 1.44. The standard InChI is InChI=1S/C16H17N7/c1-10-2-4-18-16(21-10)22-7-11-6-12(8-22)23(11)15-13-3-5-17-14(13)19-9-20-15/h2-5,9,11-12H,6-8H2,1H3,(H,17,19,20). The highest BCUT2D eigenvalue weighted by Crippen LogP contribution is 2.39. The number of anilines is 2. The first kappa shape index (κ1) is 12.8. The molecule has 0 saturated carbocycles. The van der Waals surface area contributed by atoms with Crippen molar-refractivity contribution in [2.45, 2.75) is 25.4 Å². The Labute approximate surface area is 133 Å². The van der Waals surface area contributed by atoms with Crippen molar-refractivity contribution in [3.63, 3.8) is 0 Å². The molecule has 23 heavy (non-hydrogen) atoms. The molecule has 2 atom stereocenters. The smallest absolute Gasteiger partial charge is 0.225 e. The highest BCUT2D eigenvalue weighted by molar-refractivity contribution is 5.88. The van der Waals surface area contributed by atoms with Gasteiger partial charge in [0.05, 0.1) is 17.5 Å².